The fourth-order valence-electron chi connectivity index (χ4n) is 2.71. The second-order valence-corrected chi connectivity index (χ2v) is 7.89. The van der Waals surface area contributed by atoms with Gasteiger partial charge in [0, 0.05) is 13.1 Å². The highest BCUT2D eigenvalue weighted by atomic mass is 32.2. The Labute approximate surface area is 158 Å². The maximum Gasteiger partial charge on any atom is 0.257 e. The van der Waals surface area contributed by atoms with Gasteiger partial charge in [0.15, 0.2) is 0 Å². The summed E-state index contributed by atoms with van der Waals surface area (Å²) in [5.74, 6) is -2.77. The topological polar surface area (TPSA) is 66.5 Å². The quantitative estimate of drug-likeness (QED) is 0.779. The molecule has 2 aromatic rings. The van der Waals surface area contributed by atoms with E-state index in [1.807, 2.05) is 0 Å². The van der Waals surface area contributed by atoms with Gasteiger partial charge in [-0.15, -0.1) is 0 Å². The Morgan fingerprint density at radius 2 is 1.56 bits per heavy atom. The summed E-state index contributed by atoms with van der Waals surface area (Å²) in [4.78, 5) is 12.3. The van der Waals surface area contributed by atoms with E-state index in [-0.39, 0.29) is 4.90 Å². The van der Waals surface area contributed by atoms with Gasteiger partial charge in [0.05, 0.1) is 10.9 Å². The van der Waals surface area contributed by atoms with Crippen LogP contribution >= 0.6 is 0 Å². The summed E-state index contributed by atoms with van der Waals surface area (Å²) in [7, 11) is -3.57. The Hall–Kier alpha value is -2.32. The van der Waals surface area contributed by atoms with E-state index in [2.05, 4.69) is 5.32 Å². The standard InChI is InChI=1S/C19H22F2N2O3S/c1-4-23(5-2)27(25,26)15-11-9-14(10-12-15)13(3)22-19(24)18-16(20)7-6-8-17(18)21/h6-13H,4-5H2,1-3H3,(H,22,24). The molecule has 0 aliphatic carbocycles. The molecule has 0 fully saturated rings. The highest BCUT2D eigenvalue weighted by molar-refractivity contribution is 7.89. The van der Waals surface area contributed by atoms with Crippen molar-refractivity contribution in [3.63, 3.8) is 0 Å². The summed E-state index contributed by atoms with van der Waals surface area (Å²) in [6.45, 7) is 5.89. The number of halogens is 2. The molecule has 8 heteroatoms. The van der Waals surface area contributed by atoms with Gasteiger partial charge in [0.1, 0.15) is 17.2 Å². The molecule has 0 radical (unpaired) electrons. The van der Waals surface area contributed by atoms with E-state index in [0.717, 1.165) is 12.1 Å². The van der Waals surface area contributed by atoms with Crippen molar-refractivity contribution in [2.24, 2.45) is 0 Å². The van der Waals surface area contributed by atoms with Gasteiger partial charge in [-0.25, -0.2) is 17.2 Å². The van der Waals surface area contributed by atoms with Gasteiger partial charge >= 0.3 is 0 Å². The third kappa shape index (κ3) is 4.51. The number of nitrogens with one attached hydrogen (secondary N) is 1. The Bertz CT molecular complexity index is 891. The number of sulfonamides is 1. The third-order valence-electron chi connectivity index (χ3n) is 4.26. The predicted molar refractivity (Wildman–Crippen MR) is 98.8 cm³/mol. The summed E-state index contributed by atoms with van der Waals surface area (Å²) >= 11 is 0. The fraction of sp³-hybridized carbons (Fsp3) is 0.316. The van der Waals surface area contributed by atoms with Crippen molar-refractivity contribution in [2.75, 3.05) is 13.1 Å². The van der Waals surface area contributed by atoms with Gasteiger partial charge in [0.2, 0.25) is 10.0 Å². The molecule has 1 unspecified atom stereocenters. The van der Waals surface area contributed by atoms with Crippen LogP contribution in [-0.4, -0.2) is 31.7 Å². The normalized spacial score (nSPS) is 12.8. The maximum atomic E-state index is 13.7. The van der Waals surface area contributed by atoms with Crippen molar-refractivity contribution < 1.29 is 22.0 Å². The Kier molecular flexibility index (Phi) is 6.67. The maximum absolute atomic E-state index is 13.7. The highest BCUT2D eigenvalue weighted by Crippen LogP contribution is 2.20. The van der Waals surface area contributed by atoms with Crippen LogP contribution in [0.25, 0.3) is 0 Å². The van der Waals surface area contributed by atoms with E-state index in [4.69, 9.17) is 0 Å². The molecule has 0 heterocycles. The fourth-order valence-corrected chi connectivity index (χ4v) is 4.17. The lowest BCUT2D eigenvalue weighted by molar-refractivity contribution is 0.0931. The molecule has 1 N–H and O–H groups in total. The minimum atomic E-state index is -3.57. The molecule has 2 aromatic carbocycles. The van der Waals surface area contributed by atoms with E-state index in [0.29, 0.717) is 18.7 Å². The minimum absolute atomic E-state index is 0.147. The number of hydrogen-bond acceptors (Lipinski definition) is 3. The summed E-state index contributed by atoms with van der Waals surface area (Å²) in [5, 5.41) is 2.52. The Morgan fingerprint density at radius 1 is 1.04 bits per heavy atom. The first-order valence-corrected chi connectivity index (χ1v) is 10.0. The van der Waals surface area contributed by atoms with Crippen LogP contribution in [0.3, 0.4) is 0 Å². The first-order chi connectivity index (χ1) is 12.7. The van der Waals surface area contributed by atoms with Crippen LogP contribution in [0.2, 0.25) is 0 Å². The number of amides is 1. The van der Waals surface area contributed by atoms with Crippen LogP contribution in [-0.2, 0) is 10.0 Å². The number of carbonyl (C=O) groups is 1. The molecular formula is C19H22F2N2O3S. The van der Waals surface area contributed by atoms with Crippen molar-refractivity contribution >= 4 is 15.9 Å². The molecule has 0 bridgehead atoms. The SMILES string of the molecule is CCN(CC)S(=O)(=O)c1ccc(C(C)NC(=O)c2c(F)cccc2F)cc1. The van der Waals surface area contributed by atoms with E-state index < -0.39 is 39.2 Å². The largest absolute Gasteiger partial charge is 0.345 e. The van der Waals surface area contributed by atoms with Crippen molar-refractivity contribution in [3.8, 4) is 0 Å². The van der Waals surface area contributed by atoms with Crippen molar-refractivity contribution in [2.45, 2.75) is 31.7 Å². The average molecular weight is 396 g/mol. The van der Waals surface area contributed by atoms with Crippen molar-refractivity contribution in [1.82, 2.24) is 9.62 Å². The van der Waals surface area contributed by atoms with Crippen molar-refractivity contribution in [1.29, 1.82) is 0 Å². The van der Waals surface area contributed by atoms with E-state index >= 15 is 0 Å². The van der Waals surface area contributed by atoms with Crippen LogP contribution in [0.1, 0.15) is 42.7 Å². The van der Waals surface area contributed by atoms with Crippen LogP contribution in [0.5, 0.6) is 0 Å². The molecule has 0 aliphatic heterocycles. The molecule has 2 rings (SSSR count). The summed E-state index contributed by atoms with van der Waals surface area (Å²) in [6.07, 6.45) is 0. The third-order valence-corrected chi connectivity index (χ3v) is 6.32. The van der Waals surface area contributed by atoms with Crippen molar-refractivity contribution in [3.05, 3.63) is 65.2 Å². The molecule has 1 amide bonds. The molecule has 0 saturated carbocycles. The molecule has 0 aromatic heterocycles. The Morgan fingerprint density at radius 3 is 2.04 bits per heavy atom. The molecule has 0 aliphatic rings. The first kappa shape index (κ1) is 21.0. The zero-order valence-electron chi connectivity index (χ0n) is 15.4. The lowest BCUT2D eigenvalue weighted by Crippen LogP contribution is -2.31. The zero-order valence-corrected chi connectivity index (χ0v) is 16.2. The molecule has 0 saturated heterocycles. The summed E-state index contributed by atoms with van der Waals surface area (Å²) in [5.41, 5.74) is -0.0383. The molecular weight excluding hydrogens is 374 g/mol. The molecule has 5 nitrogen and oxygen atoms in total. The molecule has 0 spiro atoms. The molecule has 27 heavy (non-hydrogen) atoms. The van der Waals surface area contributed by atoms with Crippen LogP contribution < -0.4 is 5.32 Å². The van der Waals surface area contributed by atoms with Gasteiger partial charge in [-0.2, -0.15) is 4.31 Å². The predicted octanol–water partition coefficient (Wildman–Crippen LogP) is 3.49. The van der Waals surface area contributed by atoms with E-state index in [1.54, 1.807) is 32.9 Å². The van der Waals surface area contributed by atoms with E-state index in [9.17, 15) is 22.0 Å². The lowest BCUT2D eigenvalue weighted by Gasteiger charge is -2.19. The number of nitrogens with zero attached hydrogens (tertiary/aromatic N) is 1. The number of carbonyl (C=O) groups excluding carboxylic acids is 1. The van der Waals surface area contributed by atoms with Crippen LogP contribution in [0.15, 0.2) is 47.4 Å². The van der Waals surface area contributed by atoms with Gasteiger partial charge in [-0.1, -0.05) is 32.0 Å². The second-order valence-electron chi connectivity index (χ2n) is 5.95. The van der Waals surface area contributed by atoms with Crippen LogP contribution in [0, 0.1) is 11.6 Å². The van der Waals surface area contributed by atoms with E-state index in [1.165, 1.54) is 22.5 Å². The van der Waals surface area contributed by atoms with Crippen LogP contribution in [0.4, 0.5) is 8.78 Å². The van der Waals surface area contributed by atoms with Gasteiger partial charge in [-0.3, -0.25) is 4.79 Å². The number of rotatable bonds is 7. The second kappa shape index (κ2) is 8.58. The zero-order chi connectivity index (χ0) is 20.2. The Balaban J connectivity index is 2.19. The first-order valence-electron chi connectivity index (χ1n) is 8.57. The van der Waals surface area contributed by atoms with Gasteiger partial charge in [-0.05, 0) is 36.8 Å². The molecule has 1 atom stereocenters. The lowest BCUT2D eigenvalue weighted by atomic mass is 10.1. The van der Waals surface area contributed by atoms with Gasteiger partial charge in [0.25, 0.3) is 5.91 Å². The minimum Gasteiger partial charge on any atom is -0.345 e. The molecule has 146 valence electrons. The highest BCUT2D eigenvalue weighted by Gasteiger charge is 2.22. The number of hydrogen-bond donors (Lipinski definition) is 1. The average Bonchev–Trinajstić information content (AvgIpc) is 2.62. The summed E-state index contributed by atoms with van der Waals surface area (Å²) in [6, 6.07) is 8.68. The summed E-state index contributed by atoms with van der Waals surface area (Å²) < 4.78 is 53.7. The monoisotopic (exact) mass is 396 g/mol. The smallest absolute Gasteiger partial charge is 0.257 e. The number of benzene rings is 2. The van der Waals surface area contributed by atoms with Gasteiger partial charge < -0.3 is 5.32 Å².